The smallest absolute Gasteiger partial charge is 0.263 e. The lowest BCUT2D eigenvalue weighted by Crippen LogP contribution is -2.50. The Labute approximate surface area is 196 Å². The zero-order valence-corrected chi connectivity index (χ0v) is 19.9. The van der Waals surface area contributed by atoms with Crippen molar-refractivity contribution in [2.75, 3.05) is 10.6 Å². The number of nitrogens with zero attached hydrogens (tertiary/aromatic N) is 1. The summed E-state index contributed by atoms with van der Waals surface area (Å²) in [6.45, 7) is 0. The minimum atomic E-state index is -3.88. The average molecular weight is 469 g/mol. The molecule has 1 aliphatic heterocycles. The molecule has 2 atom stereocenters. The van der Waals surface area contributed by atoms with Gasteiger partial charge in [0.25, 0.3) is 5.91 Å². The summed E-state index contributed by atoms with van der Waals surface area (Å²) in [4.78, 5) is 26.4. The lowest BCUT2D eigenvalue weighted by atomic mass is 9.85. The number of amides is 2. The molecule has 2 amide bonds. The van der Waals surface area contributed by atoms with Crippen molar-refractivity contribution in [2.24, 2.45) is 5.92 Å². The van der Waals surface area contributed by atoms with Crippen LogP contribution in [0.25, 0.3) is 0 Å². The van der Waals surface area contributed by atoms with Crippen LogP contribution in [0.4, 0.5) is 5.69 Å². The second-order valence-corrected chi connectivity index (χ2v) is 11.1. The van der Waals surface area contributed by atoms with Gasteiger partial charge in [0.05, 0.1) is 11.9 Å². The van der Waals surface area contributed by atoms with Crippen molar-refractivity contribution in [3.8, 4) is 0 Å². The van der Waals surface area contributed by atoms with Crippen LogP contribution in [0.15, 0.2) is 54.6 Å². The molecule has 2 aromatic rings. The molecule has 7 heteroatoms. The molecule has 0 bridgehead atoms. The first-order chi connectivity index (χ1) is 15.8. The van der Waals surface area contributed by atoms with Gasteiger partial charge in [-0.05, 0) is 36.0 Å². The number of carbonyl (C=O) groups is 2. The molecule has 1 fully saturated rings. The SMILES string of the molecule is CS(=O)(=O)N1C(=O)[C@@H](NC(=O)CCC2CCCCC2)C[C@H](c2ccccc2)c2ccccc21. The fraction of sp³-hybridized carbons (Fsp3) is 0.462. The van der Waals surface area contributed by atoms with Crippen LogP contribution in [0.3, 0.4) is 0 Å². The van der Waals surface area contributed by atoms with Crippen molar-refractivity contribution in [1.82, 2.24) is 5.32 Å². The maximum Gasteiger partial charge on any atom is 0.263 e. The van der Waals surface area contributed by atoms with E-state index >= 15 is 0 Å². The van der Waals surface area contributed by atoms with Crippen molar-refractivity contribution in [2.45, 2.75) is 63.3 Å². The summed E-state index contributed by atoms with van der Waals surface area (Å²) in [5.74, 6) is -0.454. The Balaban J connectivity index is 1.63. The standard InChI is InChI=1S/C26H32N2O4S/c1-33(31,32)28-24-15-9-8-14-21(24)22(20-12-6-3-7-13-20)18-23(26(28)30)27-25(29)17-16-19-10-4-2-5-11-19/h3,6-9,12-15,19,22-23H,2,4-5,10-11,16-18H2,1H3,(H,27,29)/t22-,23+/m1/s1. The van der Waals surface area contributed by atoms with Crippen molar-refractivity contribution in [3.05, 3.63) is 65.7 Å². The van der Waals surface area contributed by atoms with Gasteiger partial charge in [-0.15, -0.1) is 0 Å². The first kappa shape index (κ1) is 23.5. The monoisotopic (exact) mass is 468 g/mol. The number of hydrogen-bond acceptors (Lipinski definition) is 4. The second kappa shape index (κ2) is 10.1. The fourth-order valence-corrected chi connectivity index (χ4v) is 6.21. The van der Waals surface area contributed by atoms with Crippen LogP contribution in [0.1, 0.15) is 68.4 Å². The van der Waals surface area contributed by atoms with Gasteiger partial charge in [0.1, 0.15) is 6.04 Å². The van der Waals surface area contributed by atoms with Gasteiger partial charge in [0.15, 0.2) is 0 Å². The van der Waals surface area contributed by atoms with Crippen molar-refractivity contribution in [1.29, 1.82) is 0 Å². The van der Waals surface area contributed by atoms with E-state index in [1.54, 1.807) is 12.1 Å². The molecular weight excluding hydrogens is 436 g/mol. The van der Waals surface area contributed by atoms with Gasteiger partial charge < -0.3 is 5.32 Å². The highest BCUT2D eigenvalue weighted by Gasteiger charge is 2.40. The van der Waals surface area contributed by atoms with E-state index in [9.17, 15) is 18.0 Å². The topological polar surface area (TPSA) is 83.6 Å². The van der Waals surface area contributed by atoms with Gasteiger partial charge in [-0.3, -0.25) is 9.59 Å². The molecule has 176 valence electrons. The van der Waals surface area contributed by atoms with Crippen molar-refractivity contribution in [3.63, 3.8) is 0 Å². The Hall–Kier alpha value is -2.67. The van der Waals surface area contributed by atoms with Crippen molar-refractivity contribution < 1.29 is 18.0 Å². The first-order valence-corrected chi connectivity index (χ1v) is 13.7. The number of carbonyl (C=O) groups excluding carboxylic acids is 2. The normalized spacial score (nSPS) is 21.8. The highest BCUT2D eigenvalue weighted by atomic mass is 32.2. The molecule has 1 aliphatic carbocycles. The number of anilines is 1. The predicted octanol–water partition coefficient (Wildman–Crippen LogP) is 4.36. The summed E-state index contributed by atoms with van der Waals surface area (Å²) >= 11 is 0. The highest BCUT2D eigenvalue weighted by molar-refractivity contribution is 7.92. The Morgan fingerprint density at radius 1 is 1.00 bits per heavy atom. The van der Waals surface area contributed by atoms with E-state index in [1.807, 2.05) is 42.5 Å². The number of benzene rings is 2. The zero-order valence-electron chi connectivity index (χ0n) is 19.1. The molecule has 2 aromatic carbocycles. The molecule has 4 rings (SSSR count). The molecule has 2 aliphatic rings. The van der Waals surface area contributed by atoms with Crippen molar-refractivity contribution >= 4 is 27.5 Å². The van der Waals surface area contributed by atoms with Crippen LogP contribution in [0.5, 0.6) is 0 Å². The molecule has 1 N–H and O–H groups in total. The lowest BCUT2D eigenvalue weighted by molar-refractivity contribution is -0.127. The molecule has 1 saturated carbocycles. The third kappa shape index (κ3) is 5.46. The molecule has 0 saturated heterocycles. The minimum Gasteiger partial charge on any atom is -0.344 e. The van der Waals surface area contributed by atoms with Gasteiger partial charge in [-0.2, -0.15) is 0 Å². The summed E-state index contributed by atoms with van der Waals surface area (Å²) in [6, 6.07) is 15.9. The van der Waals surface area contributed by atoms with Crippen LogP contribution >= 0.6 is 0 Å². The lowest BCUT2D eigenvalue weighted by Gasteiger charge is -2.25. The van der Waals surface area contributed by atoms with Crippen LogP contribution in [-0.4, -0.2) is 32.5 Å². The van der Waals surface area contributed by atoms with E-state index < -0.39 is 22.0 Å². The second-order valence-electron chi connectivity index (χ2n) is 9.29. The molecule has 6 nitrogen and oxygen atoms in total. The number of para-hydroxylation sites is 1. The molecule has 33 heavy (non-hydrogen) atoms. The number of sulfonamides is 1. The van der Waals surface area contributed by atoms with Gasteiger partial charge in [-0.1, -0.05) is 80.6 Å². The van der Waals surface area contributed by atoms with Crippen LogP contribution in [0.2, 0.25) is 0 Å². The van der Waals surface area contributed by atoms with E-state index in [-0.39, 0.29) is 11.8 Å². The molecule has 0 radical (unpaired) electrons. The summed E-state index contributed by atoms with van der Waals surface area (Å²) in [6.07, 6.45) is 8.52. The maximum atomic E-state index is 13.5. The minimum absolute atomic E-state index is 0.190. The van der Waals surface area contributed by atoms with Crippen LogP contribution < -0.4 is 9.62 Å². The predicted molar refractivity (Wildman–Crippen MR) is 129 cm³/mol. The summed E-state index contributed by atoms with van der Waals surface area (Å²) in [5, 5.41) is 2.89. The summed E-state index contributed by atoms with van der Waals surface area (Å²) < 4.78 is 26.3. The molecule has 0 spiro atoms. The van der Waals surface area contributed by atoms with E-state index in [2.05, 4.69) is 5.32 Å². The quantitative estimate of drug-likeness (QED) is 0.683. The third-order valence-corrected chi connectivity index (χ3v) is 7.91. The Bertz CT molecular complexity index is 1090. The summed E-state index contributed by atoms with van der Waals surface area (Å²) in [7, 11) is -3.88. The van der Waals surface area contributed by atoms with Gasteiger partial charge >= 0.3 is 0 Å². The first-order valence-electron chi connectivity index (χ1n) is 11.8. The van der Waals surface area contributed by atoms with Crippen LogP contribution in [0, 0.1) is 5.92 Å². The number of nitrogens with one attached hydrogen (secondary N) is 1. The largest absolute Gasteiger partial charge is 0.344 e. The number of rotatable bonds is 6. The Morgan fingerprint density at radius 2 is 1.67 bits per heavy atom. The molecule has 0 aromatic heterocycles. The fourth-order valence-electron chi connectivity index (χ4n) is 5.23. The number of hydrogen-bond donors (Lipinski definition) is 1. The third-order valence-electron chi connectivity index (χ3n) is 6.87. The van der Waals surface area contributed by atoms with E-state index in [0.29, 0.717) is 24.4 Å². The summed E-state index contributed by atoms with van der Waals surface area (Å²) in [5.41, 5.74) is 2.11. The zero-order chi connectivity index (χ0) is 23.4. The molecule has 1 heterocycles. The average Bonchev–Trinajstić information content (AvgIpc) is 2.93. The molecule has 0 unspecified atom stereocenters. The van der Waals surface area contributed by atoms with Gasteiger partial charge in [0, 0.05) is 12.3 Å². The van der Waals surface area contributed by atoms with Crippen LogP contribution in [-0.2, 0) is 19.6 Å². The van der Waals surface area contributed by atoms with E-state index in [0.717, 1.165) is 41.0 Å². The van der Waals surface area contributed by atoms with Gasteiger partial charge in [-0.25, -0.2) is 12.7 Å². The van der Waals surface area contributed by atoms with E-state index in [1.165, 1.54) is 19.3 Å². The van der Waals surface area contributed by atoms with Gasteiger partial charge in [0.2, 0.25) is 15.9 Å². The molecular formula is C26H32N2O4S. The number of fused-ring (bicyclic) bond motifs is 1. The Kier molecular flexibility index (Phi) is 7.17. The highest BCUT2D eigenvalue weighted by Crippen LogP contribution is 2.40. The van der Waals surface area contributed by atoms with E-state index in [4.69, 9.17) is 0 Å². The maximum absolute atomic E-state index is 13.5. The Morgan fingerprint density at radius 3 is 2.36 bits per heavy atom.